The predicted molar refractivity (Wildman–Crippen MR) is 27.7 cm³/mol. The second-order valence-electron chi connectivity index (χ2n) is 1.32. The number of anilines is 1. The van der Waals surface area contributed by atoms with Crippen molar-refractivity contribution in [3.05, 3.63) is 11.8 Å². The molecule has 8 heavy (non-hydrogen) atoms. The zero-order valence-electron chi connectivity index (χ0n) is 4.05. The van der Waals surface area contributed by atoms with E-state index in [0.717, 1.165) is 0 Å². The minimum absolute atomic E-state index is 0.349. The summed E-state index contributed by atoms with van der Waals surface area (Å²) in [6.45, 7) is 0. The van der Waals surface area contributed by atoms with Gasteiger partial charge in [0, 0.05) is 6.07 Å². The van der Waals surface area contributed by atoms with Gasteiger partial charge in [-0.3, -0.25) is 5.10 Å². The fourth-order valence-corrected chi connectivity index (χ4v) is 0.394. The monoisotopic (exact) mass is 108 g/mol. The highest BCUT2D eigenvalue weighted by Gasteiger charge is 1.90. The Labute approximate surface area is 45.9 Å². The zero-order valence-corrected chi connectivity index (χ0v) is 4.05. The maximum Gasteiger partial charge on any atom is 0.146 e. The van der Waals surface area contributed by atoms with Crippen LogP contribution in [0.2, 0.25) is 0 Å². The van der Waals surface area contributed by atoms with Crippen LogP contribution in [0.4, 0.5) is 5.82 Å². The van der Waals surface area contributed by atoms with Gasteiger partial charge in [-0.1, -0.05) is 0 Å². The molecule has 0 radical (unpaired) electrons. The third-order valence-corrected chi connectivity index (χ3v) is 0.718. The van der Waals surface area contributed by atoms with Gasteiger partial charge in [-0.15, -0.1) is 0 Å². The summed E-state index contributed by atoms with van der Waals surface area (Å²) in [5.74, 6) is 0.349. The summed E-state index contributed by atoms with van der Waals surface area (Å²) in [6.07, 6.45) is 0. The molecule has 0 aliphatic rings. The SMILES string of the molecule is N#Cc1cc(N)n[nH]1. The number of aromatic nitrogens is 2. The summed E-state index contributed by atoms with van der Waals surface area (Å²) in [6, 6.07) is 3.32. The summed E-state index contributed by atoms with van der Waals surface area (Å²) in [5, 5.41) is 14.1. The highest BCUT2D eigenvalue weighted by molar-refractivity contribution is 5.34. The van der Waals surface area contributed by atoms with Crippen molar-refractivity contribution in [3.8, 4) is 6.07 Å². The van der Waals surface area contributed by atoms with Crippen LogP contribution in [0.25, 0.3) is 0 Å². The first-order chi connectivity index (χ1) is 3.83. The van der Waals surface area contributed by atoms with Gasteiger partial charge in [0.25, 0.3) is 0 Å². The predicted octanol–water partition coefficient (Wildman–Crippen LogP) is -0.136. The van der Waals surface area contributed by atoms with E-state index in [4.69, 9.17) is 11.0 Å². The number of hydrogen-bond acceptors (Lipinski definition) is 3. The van der Waals surface area contributed by atoms with Crippen LogP contribution in [-0.4, -0.2) is 10.2 Å². The Morgan fingerprint density at radius 2 is 2.62 bits per heavy atom. The molecule has 0 aromatic carbocycles. The van der Waals surface area contributed by atoms with Gasteiger partial charge in [0.15, 0.2) is 0 Å². The molecule has 1 aromatic rings. The Bertz CT molecular complexity index is 218. The summed E-state index contributed by atoms with van der Waals surface area (Å²) in [7, 11) is 0. The van der Waals surface area contributed by atoms with E-state index in [1.165, 1.54) is 6.07 Å². The lowest BCUT2D eigenvalue weighted by Gasteiger charge is -1.67. The van der Waals surface area contributed by atoms with E-state index in [0.29, 0.717) is 11.5 Å². The van der Waals surface area contributed by atoms with Gasteiger partial charge in [0.1, 0.15) is 17.6 Å². The second-order valence-corrected chi connectivity index (χ2v) is 1.32. The quantitative estimate of drug-likeness (QED) is 0.485. The number of hydrogen-bond donors (Lipinski definition) is 2. The number of aromatic amines is 1. The second kappa shape index (κ2) is 1.54. The number of nitriles is 1. The number of rotatable bonds is 0. The average Bonchev–Trinajstić information content (AvgIpc) is 2.14. The molecule has 0 bridgehead atoms. The molecule has 1 aromatic heterocycles. The molecule has 4 nitrogen and oxygen atoms in total. The first-order valence-corrected chi connectivity index (χ1v) is 2.04. The number of H-pyrrole nitrogens is 1. The van der Waals surface area contributed by atoms with Gasteiger partial charge >= 0.3 is 0 Å². The highest BCUT2D eigenvalue weighted by Crippen LogP contribution is 1.95. The Morgan fingerprint density at radius 1 is 1.88 bits per heavy atom. The van der Waals surface area contributed by atoms with Gasteiger partial charge in [-0.2, -0.15) is 10.4 Å². The van der Waals surface area contributed by atoms with E-state index < -0.39 is 0 Å². The molecule has 0 unspecified atom stereocenters. The van der Waals surface area contributed by atoms with Crippen molar-refractivity contribution >= 4 is 5.82 Å². The van der Waals surface area contributed by atoms with Gasteiger partial charge in [-0.25, -0.2) is 0 Å². The summed E-state index contributed by atoms with van der Waals surface area (Å²) < 4.78 is 0. The molecule has 0 saturated carbocycles. The first kappa shape index (κ1) is 4.65. The standard InChI is InChI=1S/C4H4N4/c5-2-3-1-4(6)8-7-3/h1H,(H3,6,7,8). The van der Waals surface area contributed by atoms with Gasteiger partial charge in [0.2, 0.25) is 0 Å². The van der Waals surface area contributed by atoms with Crippen molar-refractivity contribution in [2.75, 3.05) is 5.73 Å². The van der Waals surface area contributed by atoms with Crippen molar-refractivity contribution in [1.82, 2.24) is 10.2 Å². The van der Waals surface area contributed by atoms with Crippen LogP contribution in [0, 0.1) is 11.3 Å². The van der Waals surface area contributed by atoms with Crippen molar-refractivity contribution in [2.45, 2.75) is 0 Å². The summed E-state index contributed by atoms with van der Waals surface area (Å²) >= 11 is 0. The van der Waals surface area contributed by atoms with Crippen molar-refractivity contribution in [2.24, 2.45) is 0 Å². The van der Waals surface area contributed by atoms with E-state index in [1.807, 2.05) is 6.07 Å². The van der Waals surface area contributed by atoms with Crippen LogP contribution in [0.1, 0.15) is 5.69 Å². The third kappa shape index (κ3) is 0.611. The van der Waals surface area contributed by atoms with Crippen LogP contribution in [0.3, 0.4) is 0 Å². The Hall–Kier alpha value is -1.50. The molecule has 0 aliphatic carbocycles. The fraction of sp³-hybridized carbons (Fsp3) is 0. The first-order valence-electron chi connectivity index (χ1n) is 2.04. The van der Waals surface area contributed by atoms with E-state index >= 15 is 0 Å². The number of nitrogens with one attached hydrogen (secondary N) is 1. The molecule has 1 rings (SSSR count). The number of nitrogens with two attached hydrogens (primary N) is 1. The molecule has 3 N–H and O–H groups in total. The minimum Gasteiger partial charge on any atom is -0.382 e. The van der Waals surface area contributed by atoms with Crippen molar-refractivity contribution in [3.63, 3.8) is 0 Å². The lowest BCUT2D eigenvalue weighted by atomic mass is 10.5. The van der Waals surface area contributed by atoms with Crippen molar-refractivity contribution < 1.29 is 0 Å². The van der Waals surface area contributed by atoms with Gasteiger partial charge in [0.05, 0.1) is 0 Å². The zero-order chi connectivity index (χ0) is 5.98. The molecule has 0 aliphatic heterocycles. The maximum absolute atomic E-state index is 8.17. The molecule has 0 amide bonds. The smallest absolute Gasteiger partial charge is 0.146 e. The molecule has 0 atom stereocenters. The van der Waals surface area contributed by atoms with Gasteiger partial charge in [-0.05, 0) is 0 Å². The molecule has 0 spiro atoms. The molecule has 1 heterocycles. The van der Waals surface area contributed by atoms with E-state index in [1.54, 1.807) is 0 Å². The molecule has 0 saturated heterocycles. The van der Waals surface area contributed by atoms with Crippen LogP contribution >= 0.6 is 0 Å². The minimum atomic E-state index is 0.349. The largest absolute Gasteiger partial charge is 0.382 e. The van der Waals surface area contributed by atoms with Crippen molar-refractivity contribution in [1.29, 1.82) is 5.26 Å². The topological polar surface area (TPSA) is 78.5 Å². The fourth-order valence-electron chi connectivity index (χ4n) is 0.394. The van der Waals surface area contributed by atoms with Gasteiger partial charge < -0.3 is 5.73 Å². The van der Waals surface area contributed by atoms with Crippen LogP contribution in [-0.2, 0) is 0 Å². The van der Waals surface area contributed by atoms with E-state index in [-0.39, 0.29) is 0 Å². The Balaban J connectivity index is 3.05. The molecular weight excluding hydrogens is 104 g/mol. The molecule has 0 fully saturated rings. The Morgan fingerprint density at radius 3 is 2.88 bits per heavy atom. The van der Waals surface area contributed by atoms with Crippen LogP contribution in [0.5, 0.6) is 0 Å². The number of nitrogens with zero attached hydrogens (tertiary/aromatic N) is 2. The van der Waals surface area contributed by atoms with Crippen LogP contribution < -0.4 is 5.73 Å². The third-order valence-electron chi connectivity index (χ3n) is 0.718. The molecular formula is C4H4N4. The lowest BCUT2D eigenvalue weighted by molar-refractivity contribution is 1.08. The van der Waals surface area contributed by atoms with E-state index in [9.17, 15) is 0 Å². The average molecular weight is 108 g/mol. The summed E-state index contributed by atoms with van der Waals surface area (Å²) in [5.41, 5.74) is 5.55. The molecule has 4 heteroatoms. The normalized spacial score (nSPS) is 8.38. The maximum atomic E-state index is 8.17. The summed E-state index contributed by atoms with van der Waals surface area (Å²) in [4.78, 5) is 0. The lowest BCUT2D eigenvalue weighted by Crippen LogP contribution is -1.81. The number of nitrogen functional groups attached to an aromatic ring is 1. The Kier molecular flexibility index (Phi) is 0.897. The van der Waals surface area contributed by atoms with E-state index in [2.05, 4.69) is 10.2 Å². The van der Waals surface area contributed by atoms with Crippen LogP contribution in [0.15, 0.2) is 6.07 Å². The molecule has 40 valence electrons. The highest BCUT2D eigenvalue weighted by atomic mass is 15.1.